The first-order chi connectivity index (χ1) is 5.70. The third-order valence-electron chi connectivity index (χ3n) is 1.83. The summed E-state index contributed by atoms with van der Waals surface area (Å²) in [5, 5.41) is 12.6. The highest BCUT2D eigenvalue weighted by molar-refractivity contribution is 9.10. The molecule has 0 radical (unpaired) electrons. The lowest BCUT2D eigenvalue weighted by Gasteiger charge is -2.01. The molecule has 0 aliphatic carbocycles. The number of aryl methyl sites for hydroxylation is 1. The van der Waals surface area contributed by atoms with Gasteiger partial charge >= 0.3 is 0 Å². The van der Waals surface area contributed by atoms with Gasteiger partial charge in [-0.05, 0) is 45.9 Å². The topological polar surface area (TPSA) is 20.2 Å². The van der Waals surface area contributed by atoms with E-state index in [1.165, 1.54) is 0 Å². The van der Waals surface area contributed by atoms with E-state index in [-0.39, 0.29) is 0 Å². The van der Waals surface area contributed by atoms with Gasteiger partial charge in [-0.25, -0.2) is 0 Å². The van der Waals surface area contributed by atoms with E-state index >= 15 is 0 Å². The van der Waals surface area contributed by atoms with Crippen molar-refractivity contribution in [2.75, 3.05) is 0 Å². The van der Waals surface area contributed by atoms with Crippen LogP contribution in [0.2, 0.25) is 0 Å². The number of rotatable bonds is 0. The van der Waals surface area contributed by atoms with Gasteiger partial charge in [-0.3, -0.25) is 0 Å². The first-order valence-electron chi connectivity index (χ1n) is 3.55. The molecule has 2 aromatic rings. The Morgan fingerprint density at radius 3 is 3.00 bits per heavy atom. The zero-order valence-electron chi connectivity index (χ0n) is 6.47. The lowest BCUT2D eigenvalue weighted by Crippen LogP contribution is -1.76. The Labute approximate surface area is 82.8 Å². The molecule has 62 valence electrons. The van der Waals surface area contributed by atoms with Crippen LogP contribution in [0.25, 0.3) is 10.1 Å². The largest absolute Gasteiger partial charge is 0.506 e. The van der Waals surface area contributed by atoms with Crippen LogP contribution in [-0.4, -0.2) is 5.11 Å². The first-order valence-corrected chi connectivity index (χ1v) is 5.22. The number of thiophene rings is 1. The van der Waals surface area contributed by atoms with Gasteiger partial charge in [0.2, 0.25) is 0 Å². The second-order valence-corrected chi connectivity index (χ2v) is 4.40. The summed E-state index contributed by atoms with van der Waals surface area (Å²) in [7, 11) is 0. The average molecular weight is 243 g/mol. The normalized spacial score (nSPS) is 10.8. The van der Waals surface area contributed by atoms with Crippen molar-refractivity contribution in [2.45, 2.75) is 6.92 Å². The van der Waals surface area contributed by atoms with E-state index in [1.54, 1.807) is 17.4 Å². The lowest BCUT2D eigenvalue weighted by atomic mass is 10.2. The molecule has 0 aliphatic rings. The monoisotopic (exact) mass is 242 g/mol. The molecule has 3 heteroatoms. The van der Waals surface area contributed by atoms with Gasteiger partial charge < -0.3 is 5.11 Å². The van der Waals surface area contributed by atoms with Gasteiger partial charge in [-0.1, -0.05) is 0 Å². The summed E-state index contributed by atoms with van der Waals surface area (Å²) < 4.78 is 2.03. The Balaban J connectivity index is 2.97. The molecule has 1 N–H and O–H groups in total. The molecular weight excluding hydrogens is 236 g/mol. The highest BCUT2D eigenvalue weighted by Crippen LogP contribution is 2.37. The second-order valence-electron chi connectivity index (χ2n) is 2.69. The predicted octanol–water partition coefficient (Wildman–Crippen LogP) is 3.68. The number of fused-ring (bicyclic) bond motifs is 1. The maximum Gasteiger partial charge on any atom is 0.133 e. The minimum atomic E-state index is 0.376. The van der Waals surface area contributed by atoms with E-state index in [9.17, 15) is 5.11 Å². The molecule has 0 atom stereocenters. The summed E-state index contributed by atoms with van der Waals surface area (Å²) in [6.07, 6.45) is 0. The molecule has 1 heterocycles. The third-order valence-corrected chi connectivity index (χ3v) is 3.82. The van der Waals surface area contributed by atoms with Gasteiger partial charge in [0.1, 0.15) is 5.75 Å². The molecule has 1 nitrogen and oxygen atoms in total. The summed E-state index contributed by atoms with van der Waals surface area (Å²) in [5.74, 6) is 0.376. The number of hydrogen-bond acceptors (Lipinski definition) is 2. The molecule has 0 saturated heterocycles. The van der Waals surface area contributed by atoms with Crippen molar-refractivity contribution in [3.05, 3.63) is 27.5 Å². The number of halogens is 1. The van der Waals surface area contributed by atoms with Crippen LogP contribution in [0, 0.1) is 6.92 Å². The quantitative estimate of drug-likeness (QED) is 0.748. The Morgan fingerprint density at radius 2 is 2.25 bits per heavy atom. The zero-order valence-corrected chi connectivity index (χ0v) is 8.87. The molecule has 1 aromatic heterocycles. The van der Waals surface area contributed by atoms with E-state index in [1.807, 2.05) is 18.4 Å². The Bertz CT molecular complexity index is 433. The SMILES string of the molecule is Cc1cc(O)c2sccc2c1Br. The van der Waals surface area contributed by atoms with Crippen molar-refractivity contribution in [2.24, 2.45) is 0 Å². The molecular formula is C9H7BrOS. The van der Waals surface area contributed by atoms with Crippen LogP contribution in [0.15, 0.2) is 22.0 Å². The standard InChI is InChI=1S/C9H7BrOS/c1-5-4-7(11)9-6(8(5)10)2-3-12-9/h2-4,11H,1H3. The van der Waals surface area contributed by atoms with Gasteiger partial charge in [0.15, 0.2) is 0 Å². The van der Waals surface area contributed by atoms with Gasteiger partial charge in [-0.15, -0.1) is 11.3 Å². The zero-order chi connectivity index (χ0) is 8.72. The molecule has 0 fully saturated rings. The maximum absolute atomic E-state index is 9.55. The molecule has 0 spiro atoms. The fraction of sp³-hybridized carbons (Fsp3) is 0.111. The van der Waals surface area contributed by atoms with E-state index in [4.69, 9.17) is 0 Å². The fourth-order valence-electron chi connectivity index (χ4n) is 1.23. The fourth-order valence-corrected chi connectivity index (χ4v) is 2.62. The second kappa shape index (κ2) is 2.75. The highest BCUT2D eigenvalue weighted by Gasteiger charge is 2.07. The molecule has 0 bridgehead atoms. The number of hydrogen-bond donors (Lipinski definition) is 1. The van der Waals surface area contributed by atoms with Gasteiger partial charge in [0.05, 0.1) is 4.70 Å². The summed E-state index contributed by atoms with van der Waals surface area (Å²) in [5.41, 5.74) is 1.07. The molecule has 2 rings (SSSR count). The van der Waals surface area contributed by atoms with Crippen molar-refractivity contribution >= 4 is 37.4 Å². The first kappa shape index (κ1) is 8.08. The third kappa shape index (κ3) is 1.04. The summed E-state index contributed by atoms with van der Waals surface area (Å²) in [6.45, 7) is 1.97. The van der Waals surface area contributed by atoms with Crippen LogP contribution in [0.3, 0.4) is 0 Å². The Kier molecular flexibility index (Phi) is 1.85. The number of aromatic hydroxyl groups is 1. The lowest BCUT2D eigenvalue weighted by molar-refractivity contribution is 0.482. The van der Waals surface area contributed by atoms with Crippen molar-refractivity contribution < 1.29 is 5.11 Å². The Morgan fingerprint density at radius 1 is 1.50 bits per heavy atom. The summed E-state index contributed by atoms with van der Waals surface area (Å²) >= 11 is 5.05. The minimum absolute atomic E-state index is 0.376. The van der Waals surface area contributed by atoms with Crippen LogP contribution in [0.1, 0.15) is 5.56 Å². The Hall–Kier alpha value is -0.540. The van der Waals surface area contributed by atoms with Crippen LogP contribution >= 0.6 is 27.3 Å². The maximum atomic E-state index is 9.55. The van der Waals surface area contributed by atoms with Crippen LogP contribution in [0.4, 0.5) is 0 Å². The number of phenolic OH excluding ortho intramolecular Hbond substituents is 1. The number of phenols is 1. The predicted molar refractivity (Wildman–Crippen MR) is 55.9 cm³/mol. The van der Waals surface area contributed by atoms with Crippen LogP contribution < -0.4 is 0 Å². The number of benzene rings is 1. The van der Waals surface area contributed by atoms with Crippen molar-refractivity contribution in [3.63, 3.8) is 0 Å². The van der Waals surface area contributed by atoms with E-state index in [0.717, 1.165) is 20.1 Å². The van der Waals surface area contributed by atoms with E-state index in [0.29, 0.717) is 5.75 Å². The van der Waals surface area contributed by atoms with Crippen LogP contribution in [0.5, 0.6) is 5.75 Å². The smallest absolute Gasteiger partial charge is 0.133 e. The van der Waals surface area contributed by atoms with Crippen molar-refractivity contribution in [1.29, 1.82) is 0 Å². The van der Waals surface area contributed by atoms with Crippen LogP contribution in [-0.2, 0) is 0 Å². The van der Waals surface area contributed by atoms with Gasteiger partial charge in [-0.2, -0.15) is 0 Å². The molecule has 0 aliphatic heterocycles. The van der Waals surface area contributed by atoms with Crippen molar-refractivity contribution in [1.82, 2.24) is 0 Å². The van der Waals surface area contributed by atoms with Gasteiger partial charge in [0, 0.05) is 9.86 Å². The molecule has 12 heavy (non-hydrogen) atoms. The minimum Gasteiger partial charge on any atom is -0.506 e. The highest BCUT2D eigenvalue weighted by atomic mass is 79.9. The summed E-state index contributed by atoms with van der Waals surface area (Å²) in [4.78, 5) is 0. The van der Waals surface area contributed by atoms with E-state index < -0.39 is 0 Å². The molecule has 1 aromatic carbocycles. The molecule has 0 saturated carbocycles. The molecule has 0 unspecified atom stereocenters. The van der Waals surface area contributed by atoms with Crippen molar-refractivity contribution in [3.8, 4) is 5.75 Å². The van der Waals surface area contributed by atoms with E-state index in [2.05, 4.69) is 15.9 Å². The average Bonchev–Trinajstić information content (AvgIpc) is 2.48. The summed E-state index contributed by atoms with van der Waals surface area (Å²) in [6, 6.07) is 3.79. The van der Waals surface area contributed by atoms with Gasteiger partial charge in [0.25, 0.3) is 0 Å². The molecule has 0 amide bonds.